The number of fused-ring (bicyclic) bond motifs is 1. The van der Waals surface area contributed by atoms with Crippen LogP contribution in [0, 0.1) is 0 Å². The molecule has 1 aliphatic rings. The van der Waals surface area contributed by atoms with Gasteiger partial charge in [-0.1, -0.05) is 24.3 Å². The second-order valence-electron chi connectivity index (χ2n) is 4.51. The Balaban J connectivity index is 1.77. The molecule has 0 unspecified atom stereocenters. The predicted molar refractivity (Wildman–Crippen MR) is 75.9 cm³/mol. The van der Waals surface area contributed by atoms with Gasteiger partial charge in [0.25, 0.3) is 0 Å². The monoisotopic (exact) mass is 255 g/mol. The van der Waals surface area contributed by atoms with E-state index in [0.717, 1.165) is 17.2 Å². The van der Waals surface area contributed by atoms with E-state index in [4.69, 9.17) is 9.47 Å². The Hall–Kier alpha value is -2.16. The molecule has 19 heavy (non-hydrogen) atoms. The van der Waals surface area contributed by atoms with Crippen LogP contribution in [0.1, 0.15) is 18.5 Å². The molecule has 0 aromatic heterocycles. The van der Waals surface area contributed by atoms with E-state index in [9.17, 15) is 0 Å². The van der Waals surface area contributed by atoms with Gasteiger partial charge in [-0.2, -0.15) is 0 Å². The van der Waals surface area contributed by atoms with Crippen molar-refractivity contribution in [2.45, 2.75) is 13.0 Å². The quantitative estimate of drug-likeness (QED) is 0.908. The molecule has 0 aliphatic carbocycles. The minimum atomic E-state index is 0.186. The minimum Gasteiger partial charge on any atom is -0.494 e. The zero-order valence-electron chi connectivity index (χ0n) is 10.9. The topological polar surface area (TPSA) is 30.5 Å². The van der Waals surface area contributed by atoms with E-state index in [1.807, 2.05) is 43.3 Å². The van der Waals surface area contributed by atoms with Crippen molar-refractivity contribution in [1.29, 1.82) is 0 Å². The Kier molecular flexibility index (Phi) is 3.27. The van der Waals surface area contributed by atoms with E-state index in [1.54, 1.807) is 0 Å². The largest absolute Gasteiger partial charge is 0.494 e. The molecule has 0 saturated heterocycles. The molecular formula is C16H17NO2. The number of hydrogen-bond donors (Lipinski definition) is 1. The van der Waals surface area contributed by atoms with Gasteiger partial charge < -0.3 is 14.8 Å². The molecule has 1 N–H and O–H groups in total. The molecule has 2 aromatic carbocycles. The van der Waals surface area contributed by atoms with Gasteiger partial charge in [0, 0.05) is 0 Å². The van der Waals surface area contributed by atoms with Gasteiger partial charge in [0.1, 0.15) is 18.1 Å². The van der Waals surface area contributed by atoms with E-state index in [-0.39, 0.29) is 6.04 Å². The third-order valence-corrected chi connectivity index (χ3v) is 3.22. The lowest BCUT2D eigenvalue weighted by molar-refractivity contribution is 0.286. The number of ether oxygens (including phenoxy) is 2. The van der Waals surface area contributed by atoms with Gasteiger partial charge in [-0.15, -0.1) is 0 Å². The van der Waals surface area contributed by atoms with Crippen LogP contribution in [0.5, 0.6) is 11.5 Å². The first-order chi connectivity index (χ1) is 9.36. The maximum absolute atomic E-state index is 5.77. The molecule has 0 fully saturated rings. The van der Waals surface area contributed by atoms with Crippen LogP contribution in [0.2, 0.25) is 0 Å². The summed E-state index contributed by atoms with van der Waals surface area (Å²) >= 11 is 0. The van der Waals surface area contributed by atoms with E-state index >= 15 is 0 Å². The van der Waals surface area contributed by atoms with Crippen LogP contribution < -0.4 is 14.8 Å². The van der Waals surface area contributed by atoms with Crippen LogP contribution in [0.3, 0.4) is 0 Å². The summed E-state index contributed by atoms with van der Waals surface area (Å²) in [6.07, 6.45) is 0. The summed E-state index contributed by atoms with van der Waals surface area (Å²) in [5.74, 6) is 1.83. The summed E-state index contributed by atoms with van der Waals surface area (Å²) in [5.41, 5.74) is 2.26. The summed E-state index contributed by atoms with van der Waals surface area (Å²) in [4.78, 5) is 0. The van der Waals surface area contributed by atoms with Gasteiger partial charge in [-0.3, -0.25) is 0 Å². The van der Waals surface area contributed by atoms with Crippen molar-refractivity contribution in [2.24, 2.45) is 0 Å². The lowest BCUT2D eigenvalue weighted by Crippen LogP contribution is -2.23. The predicted octanol–water partition coefficient (Wildman–Crippen LogP) is 3.63. The van der Waals surface area contributed by atoms with E-state index in [2.05, 4.69) is 17.4 Å². The average Bonchev–Trinajstić information content (AvgIpc) is 2.48. The Morgan fingerprint density at radius 2 is 1.95 bits per heavy atom. The van der Waals surface area contributed by atoms with Crippen molar-refractivity contribution >= 4 is 5.69 Å². The second-order valence-corrected chi connectivity index (χ2v) is 4.51. The van der Waals surface area contributed by atoms with Gasteiger partial charge >= 0.3 is 0 Å². The van der Waals surface area contributed by atoms with Crippen molar-refractivity contribution in [2.75, 3.05) is 18.5 Å². The number of para-hydroxylation sites is 2. The van der Waals surface area contributed by atoms with Crippen molar-refractivity contribution < 1.29 is 9.47 Å². The summed E-state index contributed by atoms with van der Waals surface area (Å²) in [7, 11) is 0. The van der Waals surface area contributed by atoms with Gasteiger partial charge in [0.15, 0.2) is 0 Å². The lowest BCUT2D eigenvalue weighted by Gasteiger charge is -2.27. The molecule has 2 aromatic rings. The third-order valence-electron chi connectivity index (χ3n) is 3.22. The molecule has 0 amide bonds. The van der Waals surface area contributed by atoms with Crippen molar-refractivity contribution in [3.63, 3.8) is 0 Å². The molecule has 1 heterocycles. The molecule has 98 valence electrons. The molecule has 3 heteroatoms. The summed E-state index contributed by atoms with van der Waals surface area (Å²) in [6.45, 7) is 3.32. The molecule has 0 spiro atoms. The average molecular weight is 255 g/mol. The van der Waals surface area contributed by atoms with Crippen LogP contribution in [-0.2, 0) is 0 Å². The number of anilines is 1. The Bertz CT molecular complexity index is 551. The van der Waals surface area contributed by atoms with E-state index < -0.39 is 0 Å². The zero-order valence-corrected chi connectivity index (χ0v) is 10.9. The van der Waals surface area contributed by atoms with E-state index in [0.29, 0.717) is 13.2 Å². The Morgan fingerprint density at radius 3 is 2.74 bits per heavy atom. The van der Waals surface area contributed by atoms with Crippen LogP contribution in [-0.4, -0.2) is 13.2 Å². The number of rotatable bonds is 3. The number of nitrogens with one attached hydrogen (secondary N) is 1. The number of benzene rings is 2. The molecule has 3 nitrogen and oxygen atoms in total. The summed E-state index contributed by atoms with van der Waals surface area (Å²) in [5, 5.41) is 3.50. The fraction of sp³-hybridized carbons (Fsp3) is 0.250. The van der Waals surface area contributed by atoms with Crippen LogP contribution >= 0.6 is 0 Å². The third kappa shape index (κ3) is 2.50. The Morgan fingerprint density at radius 1 is 1.16 bits per heavy atom. The van der Waals surface area contributed by atoms with Crippen molar-refractivity contribution in [3.05, 3.63) is 54.1 Å². The fourth-order valence-electron chi connectivity index (χ4n) is 2.26. The fourth-order valence-corrected chi connectivity index (χ4v) is 2.26. The second kappa shape index (κ2) is 5.22. The maximum atomic E-state index is 5.77. The highest BCUT2D eigenvalue weighted by Crippen LogP contribution is 2.33. The molecule has 0 bridgehead atoms. The molecule has 3 rings (SSSR count). The molecule has 1 atom stereocenters. The highest BCUT2D eigenvalue weighted by atomic mass is 16.5. The van der Waals surface area contributed by atoms with Crippen molar-refractivity contribution in [1.82, 2.24) is 0 Å². The molecule has 0 saturated carbocycles. The highest BCUT2D eigenvalue weighted by molar-refractivity contribution is 5.59. The Labute approximate surface area is 113 Å². The van der Waals surface area contributed by atoms with Gasteiger partial charge in [-0.05, 0) is 36.8 Å². The first-order valence-electron chi connectivity index (χ1n) is 6.58. The molecule has 0 radical (unpaired) electrons. The minimum absolute atomic E-state index is 0.186. The van der Waals surface area contributed by atoms with Gasteiger partial charge in [0.2, 0.25) is 0 Å². The highest BCUT2D eigenvalue weighted by Gasteiger charge is 2.19. The first kappa shape index (κ1) is 11.9. The maximum Gasteiger partial charge on any atom is 0.142 e. The number of hydrogen-bond acceptors (Lipinski definition) is 3. The lowest BCUT2D eigenvalue weighted by atomic mass is 10.1. The summed E-state index contributed by atoms with van der Waals surface area (Å²) < 4.78 is 11.2. The van der Waals surface area contributed by atoms with Gasteiger partial charge in [-0.25, -0.2) is 0 Å². The van der Waals surface area contributed by atoms with Crippen molar-refractivity contribution in [3.8, 4) is 11.5 Å². The molecular weight excluding hydrogens is 238 g/mol. The van der Waals surface area contributed by atoms with Crippen LogP contribution in [0.4, 0.5) is 5.69 Å². The SMILES string of the molecule is CCOc1ccc([C@H]2COc3ccccc3N2)cc1. The standard InChI is InChI=1S/C16H17NO2/c1-2-18-13-9-7-12(8-10-13)15-11-19-16-6-4-3-5-14(16)17-15/h3-10,15,17H,2,11H2,1H3/t15-/m1/s1. The first-order valence-corrected chi connectivity index (χ1v) is 6.58. The van der Waals surface area contributed by atoms with Crippen LogP contribution in [0.15, 0.2) is 48.5 Å². The van der Waals surface area contributed by atoms with Crippen LogP contribution in [0.25, 0.3) is 0 Å². The summed E-state index contributed by atoms with van der Waals surface area (Å²) in [6, 6.07) is 16.4. The van der Waals surface area contributed by atoms with Gasteiger partial charge in [0.05, 0.1) is 18.3 Å². The zero-order chi connectivity index (χ0) is 13.1. The van der Waals surface area contributed by atoms with E-state index in [1.165, 1.54) is 5.56 Å². The molecule has 1 aliphatic heterocycles. The normalized spacial score (nSPS) is 17.0. The smallest absolute Gasteiger partial charge is 0.142 e.